The van der Waals surface area contributed by atoms with Crippen LogP contribution >= 0.6 is 11.6 Å². The van der Waals surface area contributed by atoms with Gasteiger partial charge in [0.25, 0.3) is 5.91 Å². The van der Waals surface area contributed by atoms with Gasteiger partial charge in [-0.15, -0.1) is 0 Å². The third-order valence-electron chi connectivity index (χ3n) is 7.19. The third kappa shape index (κ3) is 6.48. The zero-order chi connectivity index (χ0) is 27.2. The summed E-state index contributed by atoms with van der Waals surface area (Å²) in [4.78, 5) is 41.0. The van der Waals surface area contributed by atoms with Crippen molar-refractivity contribution in [3.8, 4) is 5.75 Å². The van der Waals surface area contributed by atoms with E-state index >= 15 is 0 Å². The topological polar surface area (TPSA) is 99.2 Å². The van der Waals surface area contributed by atoms with Crippen LogP contribution in [-0.2, 0) is 4.79 Å². The number of nitrogens with zero attached hydrogens (tertiary/aromatic N) is 2. The number of hydrogen-bond acceptors (Lipinski definition) is 4. The molecular formula is C29H34ClN3O5. The minimum Gasteiger partial charge on any atom is -0.490 e. The lowest BCUT2D eigenvalue weighted by Gasteiger charge is -2.35. The second-order valence-corrected chi connectivity index (χ2v) is 10.3. The van der Waals surface area contributed by atoms with Gasteiger partial charge in [-0.1, -0.05) is 30.2 Å². The molecule has 1 aliphatic carbocycles. The molecule has 0 aromatic heterocycles. The van der Waals surface area contributed by atoms with Crippen LogP contribution in [0.4, 0.5) is 4.79 Å². The van der Waals surface area contributed by atoms with Crippen molar-refractivity contribution < 1.29 is 24.2 Å². The number of halogens is 1. The van der Waals surface area contributed by atoms with Gasteiger partial charge in [0.2, 0.25) is 0 Å². The standard InChI is InChI=1S/C29H34ClN3O5/c1-19-25(28(35)36)26(21-8-6-9-22(30)18-21)31-29(37)33(19)17-7-16-32(2)27(34)20-12-14-24(15-13-20)38-23-10-4-3-5-11-23/h6,8-9,12-15,18,23,26H,3-5,7,10-11,16-17H2,1-2H3,(H,31,37)(H,35,36). The van der Waals surface area contributed by atoms with Gasteiger partial charge in [0, 0.05) is 36.4 Å². The van der Waals surface area contributed by atoms with Crippen LogP contribution in [0.1, 0.15) is 67.4 Å². The molecule has 202 valence electrons. The largest absolute Gasteiger partial charge is 0.490 e. The number of benzene rings is 2. The molecule has 8 nitrogen and oxygen atoms in total. The molecule has 2 aliphatic rings. The molecule has 0 radical (unpaired) electrons. The Hall–Kier alpha value is -3.52. The zero-order valence-corrected chi connectivity index (χ0v) is 22.5. The lowest BCUT2D eigenvalue weighted by atomic mass is 9.95. The number of carbonyl (C=O) groups excluding carboxylic acids is 2. The van der Waals surface area contributed by atoms with Gasteiger partial charge in [0.05, 0.1) is 17.7 Å². The summed E-state index contributed by atoms with van der Waals surface area (Å²) in [5, 5.41) is 13.2. The Balaban J connectivity index is 1.35. The Morgan fingerprint density at radius 2 is 1.84 bits per heavy atom. The Bertz CT molecular complexity index is 1210. The van der Waals surface area contributed by atoms with Crippen molar-refractivity contribution in [2.24, 2.45) is 0 Å². The van der Waals surface area contributed by atoms with E-state index < -0.39 is 12.0 Å². The van der Waals surface area contributed by atoms with Crippen LogP contribution in [0.2, 0.25) is 5.02 Å². The van der Waals surface area contributed by atoms with E-state index in [0.29, 0.717) is 34.8 Å². The number of urea groups is 1. The molecule has 3 amide bonds. The highest BCUT2D eigenvalue weighted by atomic mass is 35.5. The summed E-state index contributed by atoms with van der Waals surface area (Å²) < 4.78 is 6.05. The Labute approximate surface area is 228 Å². The minimum atomic E-state index is -1.11. The maximum atomic E-state index is 12.9. The van der Waals surface area contributed by atoms with E-state index in [1.165, 1.54) is 24.2 Å². The van der Waals surface area contributed by atoms with Gasteiger partial charge < -0.3 is 20.1 Å². The first kappa shape index (κ1) is 27.5. The van der Waals surface area contributed by atoms with E-state index in [4.69, 9.17) is 16.3 Å². The van der Waals surface area contributed by atoms with Gasteiger partial charge >= 0.3 is 12.0 Å². The van der Waals surface area contributed by atoms with Gasteiger partial charge in [-0.2, -0.15) is 0 Å². The number of rotatable bonds is 9. The van der Waals surface area contributed by atoms with E-state index in [-0.39, 0.29) is 30.2 Å². The quantitative estimate of drug-likeness (QED) is 0.429. The zero-order valence-electron chi connectivity index (χ0n) is 21.8. The van der Waals surface area contributed by atoms with Gasteiger partial charge in [-0.05, 0) is 81.0 Å². The molecule has 1 fully saturated rings. The van der Waals surface area contributed by atoms with Crippen molar-refractivity contribution in [2.75, 3.05) is 20.1 Å². The molecule has 1 unspecified atom stereocenters. The highest BCUT2D eigenvalue weighted by Crippen LogP contribution is 2.32. The van der Waals surface area contributed by atoms with Gasteiger partial charge in [0.1, 0.15) is 5.75 Å². The fraction of sp³-hybridized carbons (Fsp3) is 0.414. The number of amides is 3. The van der Waals surface area contributed by atoms with E-state index in [2.05, 4.69) is 5.32 Å². The average Bonchev–Trinajstić information content (AvgIpc) is 2.90. The molecule has 2 aromatic rings. The monoisotopic (exact) mass is 539 g/mol. The smallest absolute Gasteiger partial charge is 0.335 e. The number of carbonyl (C=O) groups is 3. The molecule has 4 rings (SSSR count). The molecule has 0 bridgehead atoms. The maximum Gasteiger partial charge on any atom is 0.335 e. The lowest BCUT2D eigenvalue weighted by molar-refractivity contribution is -0.133. The number of aliphatic carboxylic acids is 1. The highest BCUT2D eigenvalue weighted by Gasteiger charge is 2.35. The normalized spacial score (nSPS) is 18.2. The molecule has 38 heavy (non-hydrogen) atoms. The van der Waals surface area contributed by atoms with E-state index in [9.17, 15) is 19.5 Å². The van der Waals surface area contributed by atoms with Gasteiger partial charge in [-0.25, -0.2) is 9.59 Å². The number of carboxylic acid groups (broad SMARTS) is 1. The molecular weight excluding hydrogens is 506 g/mol. The van der Waals surface area contributed by atoms with Crippen molar-refractivity contribution in [2.45, 2.75) is 57.6 Å². The highest BCUT2D eigenvalue weighted by molar-refractivity contribution is 6.30. The van der Waals surface area contributed by atoms with Crippen LogP contribution < -0.4 is 10.1 Å². The van der Waals surface area contributed by atoms with Crippen molar-refractivity contribution in [3.63, 3.8) is 0 Å². The number of hydrogen-bond donors (Lipinski definition) is 2. The summed E-state index contributed by atoms with van der Waals surface area (Å²) >= 11 is 6.08. The molecule has 1 aliphatic heterocycles. The third-order valence-corrected chi connectivity index (χ3v) is 7.42. The van der Waals surface area contributed by atoms with Crippen LogP contribution in [0.3, 0.4) is 0 Å². The van der Waals surface area contributed by atoms with Crippen LogP contribution in [-0.4, -0.2) is 59.1 Å². The van der Waals surface area contributed by atoms with Crippen LogP contribution in [0.5, 0.6) is 5.75 Å². The Morgan fingerprint density at radius 1 is 1.13 bits per heavy atom. The second-order valence-electron chi connectivity index (χ2n) is 9.88. The molecule has 2 N–H and O–H groups in total. The summed E-state index contributed by atoms with van der Waals surface area (Å²) in [5.74, 6) is -0.461. The SMILES string of the molecule is CC1=C(C(=O)O)C(c2cccc(Cl)c2)NC(=O)N1CCCN(C)C(=O)c1ccc(OC2CCCCC2)cc1. The molecule has 1 heterocycles. The first-order valence-corrected chi connectivity index (χ1v) is 13.4. The number of carboxylic acids is 1. The molecule has 0 saturated heterocycles. The number of nitrogens with one attached hydrogen (secondary N) is 1. The second kappa shape index (κ2) is 12.3. The summed E-state index contributed by atoms with van der Waals surface area (Å²) in [5.41, 5.74) is 1.62. The van der Waals surface area contributed by atoms with Crippen molar-refractivity contribution in [1.82, 2.24) is 15.1 Å². The molecule has 0 spiro atoms. The number of ether oxygens (including phenoxy) is 1. The lowest BCUT2D eigenvalue weighted by Crippen LogP contribution is -2.48. The molecule has 9 heteroatoms. The molecule has 1 saturated carbocycles. The van der Waals surface area contributed by atoms with Crippen molar-refractivity contribution in [1.29, 1.82) is 0 Å². The number of allylic oxidation sites excluding steroid dienone is 1. The molecule has 1 atom stereocenters. The van der Waals surface area contributed by atoms with E-state index in [0.717, 1.165) is 18.6 Å². The van der Waals surface area contributed by atoms with Crippen molar-refractivity contribution in [3.05, 3.63) is 76.0 Å². The predicted octanol–water partition coefficient (Wildman–Crippen LogP) is 5.64. The average molecular weight is 540 g/mol. The fourth-order valence-electron chi connectivity index (χ4n) is 5.10. The first-order valence-electron chi connectivity index (χ1n) is 13.0. The predicted molar refractivity (Wildman–Crippen MR) is 145 cm³/mol. The van der Waals surface area contributed by atoms with Crippen LogP contribution in [0.25, 0.3) is 0 Å². The Kier molecular flexibility index (Phi) is 8.94. The van der Waals surface area contributed by atoms with Gasteiger partial charge in [-0.3, -0.25) is 9.69 Å². The minimum absolute atomic E-state index is 0.0897. The summed E-state index contributed by atoms with van der Waals surface area (Å²) in [6.45, 7) is 2.30. The summed E-state index contributed by atoms with van der Waals surface area (Å²) in [6, 6.07) is 12.8. The van der Waals surface area contributed by atoms with Gasteiger partial charge in [0.15, 0.2) is 0 Å². The van der Waals surface area contributed by atoms with Crippen molar-refractivity contribution >= 4 is 29.5 Å². The fourth-order valence-corrected chi connectivity index (χ4v) is 5.30. The maximum absolute atomic E-state index is 12.9. The Morgan fingerprint density at radius 3 is 2.50 bits per heavy atom. The summed E-state index contributed by atoms with van der Waals surface area (Å²) in [6.07, 6.45) is 6.53. The first-order chi connectivity index (χ1) is 18.2. The van der Waals surface area contributed by atoms with Crippen LogP contribution in [0, 0.1) is 0 Å². The molecule has 2 aromatic carbocycles. The van der Waals surface area contributed by atoms with E-state index in [1.54, 1.807) is 55.3 Å². The summed E-state index contributed by atoms with van der Waals surface area (Å²) in [7, 11) is 1.71. The van der Waals surface area contributed by atoms with E-state index in [1.807, 2.05) is 12.1 Å². The van der Waals surface area contributed by atoms with Crippen LogP contribution in [0.15, 0.2) is 59.8 Å².